The van der Waals surface area contributed by atoms with E-state index >= 15 is 0 Å². The lowest BCUT2D eigenvalue weighted by atomic mass is 10.1. The summed E-state index contributed by atoms with van der Waals surface area (Å²) >= 11 is 11.0. The molecule has 0 radical (unpaired) electrons. The first-order valence-corrected chi connectivity index (χ1v) is 6.69. The summed E-state index contributed by atoms with van der Waals surface area (Å²) in [6.45, 7) is 3.98. The molecule has 1 N–H and O–H groups in total. The highest BCUT2D eigenvalue weighted by molar-refractivity contribution is 7.80. The molecule has 104 valence electrons. The maximum atomic E-state index is 13.6. The molecule has 19 heavy (non-hydrogen) atoms. The van der Waals surface area contributed by atoms with Crippen molar-refractivity contribution >= 4 is 40.5 Å². The van der Waals surface area contributed by atoms with Gasteiger partial charge in [0.15, 0.2) is 5.05 Å². The Bertz CT molecular complexity index is 494. The van der Waals surface area contributed by atoms with Crippen LogP contribution in [0.2, 0.25) is 5.02 Å². The van der Waals surface area contributed by atoms with E-state index < -0.39 is 5.82 Å². The molecule has 0 atom stereocenters. The minimum absolute atomic E-state index is 0.102. The summed E-state index contributed by atoms with van der Waals surface area (Å²) in [6.07, 6.45) is 0.575. The molecule has 3 nitrogen and oxygen atoms in total. The number of amides is 1. The molecule has 0 spiro atoms. The van der Waals surface area contributed by atoms with Gasteiger partial charge in [0.05, 0.1) is 12.3 Å². The van der Waals surface area contributed by atoms with Gasteiger partial charge in [0.25, 0.3) is 0 Å². The molecule has 1 aromatic carbocycles. The average molecular weight is 304 g/mol. The number of anilines is 1. The van der Waals surface area contributed by atoms with Gasteiger partial charge in [-0.1, -0.05) is 18.5 Å². The molecule has 0 aliphatic heterocycles. The molecular formula is C13H15ClFNO2S. The largest absolute Gasteiger partial charge is 0.487 e. The van der Waals surface area contributed by atoms with Crippen molar-refractivity contribution in [3.63, 3.8) is 0 Å². The Hall–Kier alpha value is -1.20. The predicted molar refractivity (Wildman–Crippen MR) is 78.3 cm³/mol. The van der Waals surface area contributed by atoms with Crippen molar-refractivity contribution in [2.45, 2.75) is 26.7 Å². The van der Waals surface area contributed by atoms with E-state index in [0.717, 1.165) is 6.07 Å². The van der Waals surface area contributed by atoms with Crippen molar-refractivity contribution in [1.29, 1.82) is 0 Å². The summed E-state index contributed by atoms with van der Waals surface area (Å²) < 4.78 is 18.8. The molecular weight excluding hydrogens is 289 g/mol. The molecule has 0 aromatic heterocycles. The van der Waals surface area contributed by atoms with Crippen LogP contribution in [0.5, 0.6) is 0 Å². The van der Waals surface area contributed by atoms with E-state index in [-0.39, 0.29) is 23.0 Å². The van der Waals surface area contributed by atoms with Crippen LogP contribution < -0.4 is 5.32 Å². The van der Waals surface area contributed by atoms with Crippen LogP contribution in [0.15, 0.2) is 12.1 Å². The van der Waals surface area contributed by atoms with Crippen molar-refractivity contribution < 1.29 is 13.9 Å². The Morgan fingerprint density at radius 1 is 1.47 bits per heavy atom. The van der Waals surface area contributed by atoms with Crippen LogP contribution in [-0.2, 0) is 16.0 Å². The fourth-order valence-electron chi connectivity index (χ4n) is 1.43. The topological polar surface area (TPSA) is 38.3 Å². The normalized spacial score (nSPS) is 10.1. The number of thiocarbonyl (C=S) groups is 1. The number of halogens is 2. The van der Waals surface area contributed by atoms with Crippen molar-refractivity contribution in [3.05, 3.63) is 28.5 Å². The number of carbonyl (C=O) groups is 1. The molecule has 0 saturated heterocycles. The molecule has 1 aromatic rings. The minimum Gasteiger partial charge on any atom is -0.487 e. The van der Waals surface area contributed by atoms with E-state index in [4.69, 9.17) is 28.6 Å². The third-order valence-electron chi connectivity index (χ3n) is 2.37. The second kappa shape index (κ2) is 7.40. The number of nitrogens with one attached hydrogen (secondary N) is 1. The van der Waals surface area contributed by atoms with Gasteiger partial charge in [-0.25, -0.2) is 4.39 Å². The van der Waals surface area contributed by atoms with Gasteiger partial charge in [-0.15, -0.1) is 0 Å². The highest BCUT2D eigenvalue weighted by Crippen LogP contribution is 2.25. The highest BCUT2D eigenvalue weighted by Gasteiger charge is 2.12. The van der Waals surface area contributed by atoms with Crippen molar-refractivity contribution in [3.8, 4) is 0 Å². The number of ether oxygens (including phenoxy) is 1. The Balaban J connectivity index is 2.95. The quantitative estimate of drug-likeness (QED) is 0.842. The van der Waals surface area contributed by atoms with Gasteiger partial charge in [0.2, 0.25) is 5.91 Å². The second-order valence-electron chi connectivity index (χ2n) is 3.81. The maximum absolute atomic E-state index is 13.6. The van der Waals surface area contributed by atoms with Crippen molar-refractivity contribution in [1.82, 2.24) is 0 Å². The lowest BCUT2D eigenvalue weighted by Crippen LogP contribution is -2.12. The van der Waals surface area contributed by atoms with Crippen LogP contribution in [0.1, 0.15) is 25.8 Å². The number of hydrogen-bond acceptors (Lipinski definition) is 3. The predicted octanol–water partition coefficient (Wildman–Crippen LogP) is 3.73. The third-order valence-corrected chi connectivity index (χ3v) is 2.99. The average Bonchev–Trinajstić information content (AvgIpc) is 2.35. The molecule has 0 aliphatic rings. The summed E-state index contributed by atoms with van der Waals surface area (Å²) in [5.41, 5.74) is 0.721. The molecule has 0 fully saturated rings. The molecule has 0 bridgehead atoms. The van der Waals surface area contributed by atoms with Crippen molar-refractivity contribution in [2.24, 2.45) is 0 Å². The number of hydrogen-bond donors (Lipinski definition) is 1. The Morgan fingerprint density at radius 3 is 2.74 bits per heavy atom. The molecule has 0 saturated carbocycles. The third kappa shape index (κ3) is 4.76. The van der Waals surface area contributed by atoms with Crippen LogP contribution >= 0.6 is 23.8 Å². The molecule has 1 rings (SSSR count). The van der Waals surface area contributed by atoms with E-state index in [2.05, 4.69) is 5.32 Å². The van der Waals surface area contributed by atoms with E-state index in [0.29, 0.717) is 23.6 Å². The standard InChI is InChI=1S/C13H15ClFNO2S/c1-3-12(17)16-11-5-8(6-13(19)18-4-2)9(14)7-10(11)15/h5,7H,3-4,6H2,1-2H3,(H,16,17). The van der Waals surface area contributed by atoms with Crippen LogP contribution in [-0.4, -0.2) is 17.6 Å². The Morgan fingerprint density at radius 2 is 2.16 bits per heavy atom. The van der Waals surface area contributed by atoms with Crippen LogP contribution in [0.3, 0.4) is 0 Å². The van der Waals surface area contributed by atoms with Gasteiger partial charge in [0, 0.05) is 17.9 Å². The van der Waals surface area contributed by atoms with Gasteiger partial charge in [-0.2, -0.15) is 0 Å². The molecule has 0 heterocycles. The van der Waals surface area contributed by atoms with Crippen LogP contribution in [0.25, 0.3) is 0 Å². The van der Waals surface area contributed by atoms with E-state index in [1.807, 2.05) is 6.92 Å². The maximum Gasteiger partial charge on any atom is 0.224 e. The van der Waals surface area contributed by atoms with Crippen LogP contribution in [0, 0.1) is 5.82 Å². The zero-order valence-electron chi connectivity index (χ0n) is 10.8. The van der Waals surface area contributed by atoms with Gasteiger partial charge < -0.3 is 10.1 Å². The molecule has 6 heteroatoms. The summed E-state index contributed by atoms with van der Waals surface area (Å²) in [6, 6.07) is 2.65. The molecule has 0 aliphatic carbocycles. The Kier molecular flexibility index (Phi) is 6.18. The fraction of sp³-hybridized carbons (Fsp3) is 0.385. The van der Waals surface area contributed by atoms with Gasteiger partial charge >= 0.3 is 0 Å². The first-order valence-electron chi connectivity index (χ1n) is 5.91. The van der Waals surface area contributed by atoms with Gasteiger partial charge in [-0.3, -0.25) is 4.79 Å². The summed E-state index contributed by atoms with van der Waals surface area (Å²) in [4.78, 5) is 11.3. The smallest absolute Gasteiger partial charge is 0.224 e. The van der Waals surface area contributed by atoms with Crippen molar-refractivity contribution in [2.75, 3.05) is 11.9 Å². The lowest BCUT2D eigenvalue weighted by Gasteiger charge is -2.11. The SMILES string of the molecule is CCOC(=S)Cc1cc(NC(=O)CC)c(F)cc1Cl. The van der Waals surface area contributed by atoms with Crippen LogP contribution in [0.4, 0.5) is 10.1 Å². The number of carbonyl (C=O) groups excluding carboxylic acids is 1. The minimum atomic E-state index is -0.571. The zero-order valence-corrected chi connectivity index (χ0v) is 12.3. The first-order chi connectivity index (χ1) is 8.97. The fourth-order valence-corrected chi connectivity index (χ4v) is 1.92. The molecule has 0 unspecified atom stereocenters. The number of benzene rings is 1. The first kappa shape index (κ1) is 15.9. The summed E-state index contributed by atoms with van der Waals surface area (Å²) in [5.74, 6) is -0.836. The van der Waals surface area contributed by atoms with E-state index in [9.17, 15) is 9.18 Å². The van der Waals surface area contributed by atoms with E-state index in [1.165, 1.54) is 6.07 Å². The Labute approximate surface area is 122 Å². The highest BCUT2D eigenvalue weighted by atomic mass is 35.5. The molecule has 1 amide bonds. The second-order valence-corrected chi connectivity index (χ2v) is 4.67. The van der Waals surface area contributed by atoms with Gasteiger partial charge in [-0.05, 0) is 36.8 Å². The monoisotopic (exact) mass is 303 g/mol. The summed E-state index contributed by atoms with van der Waals surface area (Å²) in [5, 5.41) is 3.11. The van der Waals surface area contributed by atoms with Gasteiger partial charge in [0.1, 0.15) is 5.82 Å². The summed E-state index contributed by atoms with van der Waals surface area (Å²) in [7, 11) is 0. The lowest BCUT2D eigenvalue weighted by molar-refractivity contribution is -0.115. The number of rotatable bonds is 5. The van der Waals surface area contributed by atoms with E-state index in [1.54, 1.807) is 6.92 Å². The zero-order chi connectivity index (χ0) is 14.4.